The lowest BCUT2D eigenvalue weighted by Crippen LogP contribution is -2.15. The number of hydrogen-bond acceptors (Lipinski definition) is 1. The van der Waals surface area contributed by atoms with E-state index in [0.717, 1.165) is 19.5 Å². The topological polar surface area (TPSA) is 3.24 Å². The van der Waals surface area contributed by atoms with Crippen molar-refractivity contribution < 1.29 is 0 Å². The van der Waals surface area contributed by atoms with Gasteiger partial charge in [0.2, 0.25) is 0 Å². The Labute approximate surface area is 76.9 Å². The molecule has 0 aliphatic heterocycles. The van der Waals surface area contributed by atoms with Crippen LogP contribution < -0.4 is 0 Å². The van der Waals surface area contributed by atoms with Crippen LogP contribution in [-0.4, -0.2) is 18.0 Å². The summed E-state index contributed by atoms with van der Waals surface area (Å²) in [5, 5.41) is 0. The highest BCUT2D eigenvalue weighted by Gasteiger charge is 1.90. The molecule has 0 amide bonds. The van der Waals surface area contributed by atoms with Gasteiger partial charge in [0, 0.05) is 13.1 Å². The molecule has 0 aromatic rings. The zero-order valence-corrected chi connectivity index (χ0v) is 8.87. The number of nitrogens with zero attached hydrogens (tertiary/aromatic N) is 1. The van der Waals surface area contributed by atoms with Gasteiger partial charge in [0.05, 0.1) is 0 Å². The fourth-order valence-electron chi connectivity index (χ4n) is 0.809. The SMILES string of the molecule is CC/C(C)=C/N(CC)CC.Cl. The van der Waals surface area contributed by atoms with Gasteiger partial charge in [-0.25, -0.2) is 0 Å². The third-order valence-corrected chi connectivity index (χ3v) is 1.77. The summed E-state index contributed by atoms with van der Waals surface area (Å²) in [6.07, 6.45) is 3.41. The standard InChI is InChI=1S/C9H19N.ClH/c1-5-9(4)8-10(6-2)7-3;/h8H,5-7H2,1-4H3;1H/b9-8+;. The molecule has 68 valence electrons. The highest BCUT2D eigenvalue weighted by Crippen LogP contribution is 2.00. The molecule has 11 heavy (non-hydrogen) atoms. The van der Waals surface area contributed by atoms with E-state index >= 15 is 0 Å². The number of allylic oxidation sites excluding steroid dienone is 1. The van der Waals surface area contributed by atoms with Crippen molar-refractivity contribution in [2.75, 3.05) is 13.1 Å². The van der Waals surface area contributed by atoms with E-state index < -0.39 is 0 Å². The molecule has 0 atom stereocenters. The highest BCUT2D eigenvalue weighted by molar-refractivity contribution is 5.85. The molecule has 0 heterocycles. The molecule has 0 aromatic heterocycles. The number of halogens is 1. The van der Waals surface area contributed by atoms with E-state index in [2.05, 4.69) is 38.8 Å². The second-order valence-electron chi connectivity index (χ2n) is 2.55. The summed E-state index contributed by atoms with van der Waals surface area (Å²) in [6.45, 7) is 11.0. The van der Waals surface area contributed by atoms with Crippen molar-refractivity contribution in [2.24, 2.45) is 0 Å². The molecular weight excluding hydrogens is 158 g/mol. The lowest BCUT2D eigenvalue weighted by molar-refractivity contribution is 0.414. The summed E-state index contributed by atoms with van der Waals surface area (Å²) < 4.78 is 0. The lowest BCUT2D eigenvalue weighted by Gasteiger charge is -2.16. The molecule has 1 nitrogen and oxygen atoms in total. The number of hydrogen-bond donors (Lipinski definition) is 0. The van der Waals surface area contributed by atoms with Gasteiger partial charge < -0.3 is 4.90 Å². The molecule has 0 aliphatic rings. The maximum atomic E-state index is 2.32. The molecule has 0 rings (SSSR count). The van der Waals surface area contributed by atoms with Gasteiger partial charge in [-0.15, -0.1) is 12.4 Å². The fourth-order valence-corrected chi connectivity index (χ4v) is 0.809. The van der Waals surface area contributed by atoms with Crippen LogP contribution in [0.1, 0.15) is 34.1 Å². The summed E-state index contributed by atoms with van der Waals surface area (Å²) in [6, 6.07) is 0. The van der Waals surface area contributed by atoms with Crippen molar-refractivity contribution in [1.82, 2.24) is 4.90 Å². The third kappa shape index (κ3) is 6.24. The first kappa shape index (κ1) is 13.4. The molecule has 0 radical (unpaired) electrons. The van der Waals surface area contributed by atoms with E-state index in [1.807, 2.05) is 0 Å². The molecule has 0 aliphatic carbocycles. The smallest absolute Gasteiger partial charge is 0.0143 e. The van der Waals surface area contributed by atoms with Gasteiger partial charge in [0.25, 0.3) is 0 Å². The van der Waals surface area contributed by atoms with Gasteiger partial charge in [0.1, 0.15) is 0 Å². The van der Waals surface area contributed by atoms with E-state index in [9.17, 15) is 0 Å². The number of rotatable bonds is 4. The Morgan fingerprint density at radius 2 is 1.64 bits per heavy atom. The first-order valence-electron chi connectivity index (χ1n) is 4.15. The van der Waals surface area contributed by atoms with Crippen LogP contribution in [0.25, 0.3) is 0 Å². The van der Waals surface area contributed by atoms with Crippen molar-refractivity contribution in [3.8, 4) is 0 Å². The Hall–Kier alpha value is -0.170. The van der Waals surface area contributed by atoms with Crippen LogP contribution in [0.3, 0.4) is 0 Å². The Kier molecular flexibility index (Phi) is 9.68. The Morgan fingerprint density at radius 3 is 1.91 bits per heavy atom. The van der Waals surface area contributed by atoms with Crippen molar-refractivity contribution in [3.63, 3.8) is 0 Å². The van der Waals surface area contributed by atoms with Gasteiger partial charge >= 0.3 is 0 Å². The van der Waals surface area contributed by atoms with Gasteiger partial charge in [-0.2, -0.15) is 0 Å². The Morgan fingerprint density at radius 1 is 1.18 bits per heavy atom. The highest BCUT2D eigenvalue weighted by atomic mass is 35.5. The largest absolute Gasteiger partial charge is 0.378 e. The summed E-state index contributed by atoms with van der Waals surface area (Å²) in [7, 11) is 0. The lowest BCUT2D eigenvalue weighted by atomic mass is 10.2. The van der Waals surface area contributed by atoms with Gasteiger partial charge in [-0.05, 0) is 33.4 Å². The van der Waals surface area contributed by atoms with Crippen molar-refractivity contribution in [1.29, 1.82) is 0 Å². The molecule has 0 N–H and O–H groups in total. The Balaban J connectivity index is 0. The quantitative estimate of drug-likeness (QED) is 0.638. The van der Waals surface area contributed by atoms with Gasteiger partial charge in [0.15, 0.2) is 0 Å². The molecule has 0 saturated carbocycles. The van der Waals surface area contributed by atoms with Crippen LogP contribution in [-0.2, 0) is 0 Å². The second-order valence-corrected chi connectivity index (χ2v) is 2.55. The first-order chi connectivity index (χ1) is 4.74. The molecule has 0 spiro atoms. The molecule has 0 unspecified atom stereocenters. The molecule has 2 heteroatoms. The first-order valence-corrected chi connectivity index (χ1v) is 4.15. The molecule has 0 saturated heterocycles. The van der Waals surface area contributed by atoms with Crippen LogP contribution in [0.4, 0.5) is 0 Å². The Bertz CT molecular complexity index is 106. The molecule has 0 aromatic carbocycles. The van der Waals surface area contributed by atoms with Crippen molar-refractivity contribution >= 4 is 12.4 Å². The van der Waals surface area contributed by atoms with Crippen LogP contribution in [0.5, 0.6) is 0 Å². The van der Waals surface area contributed by atoms with E-state index in [4.69, 9.17) is 0 Å². The van der Waals surface area contributed by atoms with Crippen LogP contribution in [0.2, 0.25) is 0 Å². The zero-order valence-electron chi connectivity index (χ0n) is 8.05. The fraction of sp³-hybridized carbons (Fsp3) is 0.778. The predicted molar refractivity (Wildman–Crippen MR) is 54.2 cm³/mol. The normalized spacial score (nSPS) is 10.7. The van der Waals surface area contributed by atoms with Crippen LogP contribution in [0, 0.1) is 0 Å². The predicted octanol–water partition coefficient (Wildman–Crippen LogP) is 3.06. The third-order valence-electron chi connectivity index (χ3n) is 1.77. The van der Waals surface area contributed by atoms with E-state index in [0.29, 0.717) is 0 Å². The molecule has 0 bridgehead atoms. The minimum Gasteiger partial charge on any atom is -0.378 e. The van der Waals surface area contributed by atoms with Gasteiger partial charge in [-0.1, -0.05) is 12.5 Å². The second kappa shape index (κ2) is 7.93. The van der Waals surface area contributed by atoms with Crippen molar-refractivity contribution in [3.05, 3.63) is 11.8 Å². The average Bonchev–Trinajstić information content (AvgIpc) is 1.99. The summed E-state index contributed by atoms with van der Waals surface area (Å²) >= 11 is 0. The zero-order chi connectivity index (χ0) is 7.98. The maximum Gasteiger partial charge on any atom is 0.0143 e. The minimum absolute atomic E-state index is 0. The monoisotopic (exact) mass is 177 g/mol. The molecule has 0 fully saturated rings. The van der Waals surface area contributed by atoms with Crippen LogP contribution >= 0.6 is 12.4 Å². The molecular formula is C9H20ClN. The van der Waals surface area contributed by atoms with Gasteiger partial charge in [-0.3, -0.25) is 0 Å². The maximum absolute atomic E-state index is 2.32. The van der Waals surface area contributed by atoms with Crippen molar-refractivity contribution in [2.45, 2.75) is 34.1 Å². The average molecular weight is 178 g/mol. The summed E-state index contributed by atoms with van der Waals surface area (Å²) in [5.74, 6) is 0. The van der Waals surface area contributed by atoms with Crippen LogP contribution in [0.15, 0.2) is 11.8 Å². The van der Waals surface area contributed by atoms with E-state index in [1.54, 1.807) is 0 Å². The van der Waals surface area contributed by atoms with E-state index in [-0.39, 0.29) is 12.4 Å². The minimum atomic E-state index is 0. The summed E-state index contributed by atoms with van der Waals surface area (Å²) in [5.41, 5.74) is 1.46. The summed E-state index contributed by atoms with van der Waals surface area (Å²) in [4.78, 5) is 2.32. The van der Waals surface area contributed by atoms with E-state index in [1.165, 1.54) is 5.57 Å².